The number of hydrogen-bond acceptors (Lipinski definition) is 3. The third-order valence-electron chi connectivity index (χ3n) is 4.52. The minimum absolute atomic E-state index is 0.0962. The van der Waals surface area contributed by atoms with Crippen molar-refractivity contribution in [3.05, 3.63) is 66.4 Å². The third-order valence-corrected chi connectivity index (χ3v) is 4.52. The van der Waals surface area contributed by atoms with Crippen molar-refractivity contribution < 1.29 is 19.4 Å². The molecule has 1 heterocycles. The largest absolute Gasteiger partial charge is 0.480 e. The van der Waals surface area contributed by atoms with Crippen LogP contribution in [0, 0.1) is 5.41 Å². The van der Waals surface area contributed by atoms with Crippen LogP contribution in [0.5, 0.6) is 0 Å². The Hall–Kier alpha value is -3.12. The van der Waals surface area contributed by atoms with Crippen molar-refractivity contribution in [1.29, 1.82) is 0 Å². The zero-order valence-corrected chi connectivity index (χ0v) is 16.0. The van der Waals surface area contributed by atoms with Gasteiger partial charge < -0.3 is 19.7 Å². The van der Waals surface area contributed by atoms with Gasteiger partial charge in [0, 0.05) is 22.8 Å². The first kappa shape index (κ1) is 19.6. The molecule has 0 atom stereocenters. The molecular weight excluding hydrogens is 356 g/mol. The van der Waals surface area contributed by atoms with Gasteiger partial charge in [0.05, 0.1) is 18.6 Å². The van der Waals surface area contributed by atoms with E-state index in [0.29, 0.717) is 18.9 Å². The van der Waals surface area contributed by atoms with E-state index in [1.54, 1.807) is 16.8 Å². The number of benzene rings is 2. The molecule has 0 aliphatic rings. The number of nitrogens with one attached hydrogen (secondary N) is 1. The van der Waals surface area contributed by atoms with Gasteiger partial charge in [0.2, 0.25) is 5.91 Å². The Bertz CT molecular complexity index is 977. The number of anilines is 1. The molecule has 0 radical (unpaired) electrons. The molecule has 0 spiro atoms. The van der Waals surface area contributed by atoms with Crippen LogP contribution in [0.3, 0.4) is 0 Å². The fourth-order valence-electron chi connectivity index (χ4n) is 2.93. The Labute approximate surface area is 163 Å². The summed E-state index contributed by atoms with van der Waals surface area (Å²) in [6, 6.07) is 17.1. The summed E-state index contributed by atoms with van der Waals surface area (Å²) >= 11 is 0. The lowest BCUT2D eigenvalue weighted by Crippen LogP contribution is -2.34. The number of nitrogens with zero attached hydrogens (tertiary/aromatic N) is 1. The minimum atomic E-state index is -0.896. The van der Waals surface area contributed by atoms with Crippen molar-refractivity contribution in [1.82, 2.24) is 4.57 Å². The highest BCUT2D eigenvalue weighted by Gasteiger charge is 2.28. The summed E-state index contributed by atoms with van der Waals surface area (Å²) in [5.74, 6) is -1.03. The summed E-state index contributed by atoms with van der Waals surface area (Å²) in [5.41, 5.74) is 1.85. The molecule has 0 fully saturated rings. The van der Waals surface area contributed by atoms with Gasteiger partial charge in [-0.05, 0) is 43.7 Å². The molecule has 6 heteroatoms. The molecule has 1 aromatic heterocycles. The number of aliphatic carboxylic acids is 1. The van der Waals surface area contributed by atoms with E-state index < -0.39 is 11.4 Å². The van der Waals surface area contributed by atoms with Gasteiger partial charge in [-0.25, -0.2) is 0 Å². The van der Waals surface area contributed by atoms with Gasteiger partial charge in [0.25, 0.3) is 0 Å². The van der Waals surface area contributed by atoms with E-state index in [1.807, 2.05) is 62.4 Å². The normalized spacial score (nSPS) is 11.5. The smallest absolute Gasteiger partial charge is 0.323 e. The van der Waals surface area contributed by atoms with E-state index in [-0.39, 0.29) is 12.5 Å². The fourth-order valence-corrected chi connectivity index (χ4v) is 2.93. The van der Waals surface area contributed by atoms with Crippen molar-refractivity contribution in [3.8, 4) is 0 Å². The van der Waals surface area contributed by atoms with E-state index in [0.717, 1.165) is 16.5 Å². The summed E-state index contributed by atoms with van der Waals surface area (Å²) in [6.07, 6.45) is 1.73. The fraction of sp³-hybridized carbons (Fsp3) is 0.273. The molecule has 2 N–H and O–H groups in total. The number of ether oxygens (including phenoxy) is 1. The Kier molecular flexibility index (Phi) is 5.80. The maximum absolute atomic E-state index is 12.7. The molecule has 0 unspecified atom stereocenters. The number of aromatic nitrogens is 1. The highest BCUT2D eigenvalue weighted by atomic mass is 16.5. The Morgan fingerprint density at radius 2 is 1.86 bits per heavy atom. The predicted molar refractivity (Wildman–Crippen MR) is 108 cm³/mol. The van der Waals surface area contributed by atoms with Crippen molar-refractivity contribution in [3.63, 3.8) is 0 Å². The summed E-state index contributed by atoms with van der Waals surface area (Å²) in [4.78, 5) is 23.6. The second-order valence-electron chi connectivity index (χ2n) is 7.43. The number of carbonyl (C=O) groups excluding carboxylic acids is 1. The minimum Gasteiger partial charge on any atom is -0.480 e. The Morgan fingerprint density at radius 1 is 1.11 bits per heavy atom. The van der Waals surface area contributed by atoms with Crippen LogP contribution in [0.1, 0.15) is 19.4 Å². The van der Waals surface area contributed by atoms with E-state index in [4.69, 9.17) is 9.84 Å². The van der Waals surface area contributed by atoms with Crippen LogP contribution in [0.2, 0.25) is 0 Å². The first-order chi connectivity index (χ1) is 13.3. The lowest BCUT2D eigenvalue weighted by atomic mass is 9.93. The first-order valence-corrected chi connectivity index (χ1v) is 9.09. The number of rotatable bonds is 8. The zero-order valence-electron chi connectivity index (χ0n) is 16.0. The average Bonchev–Trinajstić information content (AvgIpc) is 3.04. The quantitative estimate of drug-likeness (QED) is 0.621. The maximum Gasteiger partial charge on any atom is 0.323 e. The highest BCUT2D eigenvalue weighted by molar-refractivity contribution is 5.97. The molecule has 28 heavy (non-hydrogen) atoms. The molecule has 0 saturated carbocycles. The number of carbonyl (C=O) groups is 2. The summed E-state index contributed by atoms with van der Waals surface area (Å²) in [7, 11) is 0. The molecule has 3 rings (SSSR count). The van der Waals surface area contributed by atoms with Crippen molar-refractivity contribution in [2.45, 2.75) is 27.0 Å². The number of fused-ring (bicyclic) bond motifs is 1. The molecular formula is C22H24N2O4. The lowest BCUT2D eigenvalue weighted by molar-refractivity contribution is -0.137. The Morgan fingerprint density at radius 3 is 2.57 bits per heavy atom. The monoisotopic (exact) mass is 380 g/mol. The summed E-state index contributed by atoms with van der Waals surface area (Å²) in [5, 5.41) is 12.8. The molecule has 3 aromatic rings. The molecule has 2 aromatic carbocycles. The second kappa shape index (κ2) is 8.27. The van der Waals surface area contributed by atoms with Gasteiger partial charge in [-0.3, -0.25) is 9.59 Å². The molecule has 0 aliphatic carbocycles. The standard InChI is InChI=1S/C22H24N2O4/c1-22(2,15-28-14-16-6-4-3-5-7-16)21(27)23-18-8-9-19-17(12-18)10-11-24(19)13-20(25)26/h3-12H,13-15H2,1-2H3,(H,23,27)(H,25,26). The second-order valence-corrected chi connectivity index (χ2v) is 7.43. The number of hydrogen-bond donors (Lipinski definition) is 2. The van der Waals surface area contributed by atoms with Crippen LogP contribution in [0.25, 0.3) is 10.9 Å². The molecule has 0 aliphatic heterocycles. The number of carboxylic acids is 1. The molecule has 1 amide bonds. The third kappa shape index (κ3) is 4.78. The van der Waals surface area contributed by atoms with E-state index in [1.165, 1.54) is 0 Å². The van der Waals surface area contributed by atoms with Gasteiger partial charge in [-0.1, -0.05) is 30.3 Å². The van der Waals surface area contributed by atoms with Gasteiger partial charge in [-0.15, -0.1) is 0 Å². The van der Waals surface area contributed by atoms with Crippen LogP contribution in [-0.2, 0) is 27.5 Å². The van der Waals surface area contributed by atoms with Crippen LogP contribution >= 0.6 is 0 Å². The zero-order chi connectivity index (χ0) is 20.1. The average molecular weight is 380 g/mol. The Balaban J connectivity index is 1.61. The van der Waals surface area contributed by atoms with Crippen LogP contribution in [0.15, 0.2) is 60.8 Å². The highest BCUT2D eigenvalue weighted by Crippen LogP contribution is 2.24. The van der Waals surface area contributed by atoms with E-state index in [2.05, 4.69) is 5.32 Å². The van der Waals surface area contributed by atoms with Crippen LogP contribution < -0.4 is 5.32 Å². The number of amides is 1. The molecule has 6 nitrogen and oxygen atoms in total. The van der Waals surface area contributed by atoms with Gasteiger partial charge in [-0.2, -0.15) is 0 Å². The SMILES string of the molecule is CC(C)(COCc1ccccc1)C(=O)Nc1ccc2c(ccn2CC(=O)O)c1. The van der Waals surface area contributed by atoms with Crippen molar-refractivity contribution in [2.75, 3.05) is 11.9 Å². The van der Waals surface area contributed by atoms with E-state index >= 15 is 0 Å². The van der Waals surface area contributed by atoms with E-state index in [9.17, 15) is 9.59 Å². The topological polar surface area (TPSA) is 80.6 Å². The van der Waals surface area contributed by atoms with Crippen LogP contribution in [-0.4, -0.2) is 28.2 Å². The maximum atomic E-state index is 12.7. The van der Waals surface area contributed by atoms with Crippen LogP contribution in [0.4, 0.5) is 5.69 Å². The first-order valence-electron chi connectivity index (χ1n) is 9.09. The van der Waals surface area contributed by atoms with Gasteiger partial charge >= 0.3 is 5.97 Å². The molecule has 0 bridgehead atoms. The lowest BCUT2D eigenvalue weighted by Gasteiger charge is -2.23. The predicted octanol–water partition coefficient (Wildman–Crippen LogP) is 3.91. The van der Waals surface area contributed by atoms with Gasteiger partial charge in [0.15, 0.2) is 0 Å². The molecule has 0 saturated heterocycles. The summed E-state index contributed by atoms with van der Waals surface area (Å²) < 4.78 is 7.39. The van der Waals surface area contributed by atoms with Crippen molar-refractivity contribution >= 4 is 28.5 Å². The van der Waals surface area contributed by atoms with Crippen molar-refractivity contribution in [2.24, 2.45) is 5.41 Å². The number of carboxylic acid groups (broad SMARTS) is 1. The van der Waals surface area contributed by atoms with Gasteiger partial charge in [0.1, 0.15) is 6.54 Å². The summed E-state index contributed by atoms with van der Waals surface area (Å²) in [6.45, 7) is 4.34. The molecule has 146 valence electrons.